The highest BCUT2D eigenvalue weighted by Gasteiger charge is 2.28. The number of thioether (sulfide) groups is 1. The summed E-state index contributed by atoms with van der Waals surface area (Å²) < 4.78 is 36.4. The summed E-state index contributed by atoms with van der Waals surface area (Å²) in [5.41, 5.74) is 0.671. The molecule has 8 heteroatoms. The molecule has 0 fully saturated rings. The lowest BCUT2D eigenvalue weighted by molar-refractivity contribution is -0.143. The Kier molecular flexibility index (Phi) is 7.53. The van der Waals surface area contributed by atoms with Crippen LogP contribution in [0.1, 0.15) is 6.42 Å². The fourth-order valence-electron chi connectivity index (χ4n) is 1.79. The van der Waals surface area contributed by atoms with Gasteiger partial charge in [-0.05, 0) is 50.5 Å². The van der Waals surface area contributed by atoms with Crippen molar-refractivity contribution in [1.82, 2.24) is 10.2 Å². The van der Waals surface area contributed by atoms with Crippen LogP contribution in [0.25, 0.3) is 0 Å². The quantitative estimate of drug-likeness (QED) is 0.593. The summed E-state index contributed by atoms with van der Waals surface area (Å²) in [4.78, 5) is 13.9. The summed E-state index contributed by atoms with van der Waals surface area (Å²) in [6, 6.07) is 7.01. The minimum Gasteiger partial charge on any atom is -0.338 e. The Hall–Kier alpha value is -1.41. The van der Waals surface area contributed by atoms with E-state index in [1.54, 1.807) is 23.9 Å². The van der Waals surface area contributed by atoms with Crippen LogP contribution in [0, 0.1) is 0 Å². The fraction of sp³-hybridized carbons (Fsp3) is 0.500. The second-order valence-electron chi connectivity index (χ2n) is 4.82. The van der Waals surface area contributed by atoms with Crippen molar-refractivity contribution in [3.63, 3.8) is 0 Å². The van der Waals surface area contributed by atoms with E-state index in [1.807, 2.05) is 18.4 Å². The Morgan fingerprint density at radius 2 is 1.91 bits per heavy atom. The molecule has 0 saturated heterocycles. The molecular formula is C14H20F3N3OS. The number of urea groups is 1. The maximum absolute atomic E-state index is 12.1. The first-order valence-electron chi connectivity index (χ1n) is 6.74. The number of nitrogens with one attached hydrogen (secondary N) is 2. The van der Waals surface area contributed by atoms with Gasteiger partial charge in [-0.3, -0.25) is 4.90 Å². The van der Waals surface area contributed by atoms with Crippen molar-refractivity contribution >= 4 is 23.5 Å². The van der Waals surface area contributed by atoms with Gasteiger partial charge >= 0.3 is 12.2 Å². The molecule has 0 saturated carbocycles. The standard InChI is InChI=1S/C14H20F3N3OS/c1-20(10-14(15,16)17)9-3-8-18-13(21)19-11-4-6-12(22-2)7-5-11/h4-7H,3,8-10H2,1-2H3,(H2,18,19,21). The summed E-state index contributed by atoms with van der Waals surface area (Å²) in [7, 11) is 1.40. The van der Waals surface area contributed by atoms with Crippen LogP contribution in [0.4, 0.5) is 23.7 Å². The molecule has 0 aliphatic heterocycles. The van der Waals surface area contributed by atoms with Crippen molar-refractivity contribution in [2.45, 2.75) is 17.5 Å². The third-order valence-corrected chi connectivity index (χ3v) is 3.54. The van der Waals surface area contributed by atoms with Gasteiger partial charge < -0.3 is 10.6 Å². The predicted molar refractivity (Wildman–Crippen MR) is 83.4 cm³/mol. The van der Waals surface area contributed by atoms with E-state index in [-0.39, 0.29) is 12.6 Å². The highest BCUT2D eigenvalue weighted by Crippen LogP contribution is 2.17. The zero-order chi connectivity index (χ0) is 16.6. The van der Waals surface area contributed by atoms with Crippen LogP contribution in [0.3, 0.4) is 0 Å². The van der Waals surface area contributed by atoms with E-state index >= 15 is 0 Å². The molecule has 0 aliphatic rings. The molecule has 1 aromatic rings. The number of benzene rings is 1. The molecule has 2 amide bonds. The lowest BCUT2D eigenvalue weighted by atomic mass is 10.3. The molecule has 22 heavy (non-hydrogen) atoms. The van der Waals surface area contributed by atoms with Gasteiger partial charge in [0.25, 0.3) is 0 Å². The number of hydrogen-bond acceptors (Lipinski definition) is 3. The van der Waals surface area contributed by atoms with Gasteiger partial charge in [0.05, 0.1) is 6.54 Å². The van der Waals surface area contributed by atoms with Crippen LogP contribution < -0.4 is 10.6 Å². The first-order valence-corrected chi connectivity index (χ1v) is 7.97. The number of nitrogens with zero attached hydrogens (tertiary/aromatic N) is 1. The van der Waals surface area contributed by atoms with Crippen molar-refractivity contribution in [2.24, 2.45) is 0 Å². The summed E-state index contributed by atoms with van der Waals surface area (Å²) in [5, 5.41) is 5.28. The number of amides is 2. The van der Waals surface area contributed by atoms with Crippen LogP contribution in [-0.4, -0.2) is 50.0 Å². The van der Waals surface area contributed by atoms with Gasteiger partial charge in [-0.25, -0.2) is 4.79 Å². The van der Waals surface area contributed by atoms with Gasteiger partial charge in [-0.2, -0.15) is 13.2 Å². The number of carbonyl (C=O) groups excluding carboxylic acids is 1. The summed E-state index contributed by atoms with van der Waals surface area (Å²) in [6.45, 7) is -0.361. The third kappa shape index (κ3) is 8.14. The SMILES string of the molecule is CSc1ccc(NC(=O)NCCCN(C)CC(F)(F)F)cc1. The second-order valence-corrected chi connectivity index (χ2v) is 5.70. The molecule has 2 N–H and O–H groups in total. The van der Waals surface area contributed by atoms with Crippen molar-refractivity contribution in [3.05, 3.63) is 24.3 Å². The second kappa shape index (κ2) is 8.89. The minimum absolute atomic E-state index is 0.266. The number of anilines is 1. The van der Waals surface area contributed by atoms with Gasteiger partial charge in [0, 0.05) is 17.1 Å². The highest BCUT2D eigenvalue weighted by atomic mass is 32.2. The maximum Gasteiger partial charge on any atom is 0.401 e. The van der Waals surface area contributed by atoms with Crippen molar-refractivity contribution in [2.75, 3.05) is 38.3 Å². The van der Waals surface area contributed by atoms with Crippen molar-refractivity contribution in [3.8, 4) is 0 Å². The molecular weight excluding hydrogens is 315 g/mol. The molecule has 0 unspecified atom stereocenters. The Morgan fingerprint density at radius 1 is 1.27 bits per heavy atom. The average Bonchev–Trinajstić information content (AvgIpc) is 2.42. The number of alkyl halides is 3. The summed E-state index contributed by atoms with van der Waals surface area (Å²) in [6.07, 6.45) is -1.78. The lowest BCUT2D eigenvalue weighted by Gasteiger charge is -2.18. The minimum atomic E-state index is -4.19. The van der Waals surface area contributed by atoms with E-state index < -0.39 is 12.7 Å². The number of hydrogen-bond donors (Lipinski definition) is 2. The normalized spacial score (nSPS) is 11.5. The molecule has 0 aromatic heterocycles. The van der Waals surface area contributed by atoms with Gasteiger partial charge in [0.2, 0.25) is 0 Å². The zero-order valence-electron chi connectivity index (χ0n) is 12.5. The van der Waals surface area contributed by atoms with Crippen LogP contribution in [-0.2, 0) is 0 Å². The van der Waals surface area contributed by atoms with Gasteiger partial charge in [0.1, 0.15) is 0 Å². The van der Waals surface area contributed by atoms with E-state index in [1.165, 1.54) is 11.9 Å². The van der Waals surface area contributed by atoms with Crippen LogP contribution in [0.5, 0.6) is 0 Å². The first-order chi connectivity index (χ1) is 10.3. The Morgan fingerprint density at radius 3 is 2.45 bits per heavy atom. The zero-order valence-corrected chi connectivity index (χ0v) is 13.4. The first kappa shape index (κ1) is 18.6. The number of rotatable bonds is 7. The number of carbonyl (C=O) groups is 1. The van der Waals surface area contributed by atoms with Crippen molar-refractivity contribution in [1.29, 1.82) is 0 Å². The summed E-state index contributed by atoms with van der Waals surface area (Å²) in [5.74, 6) is 0. The summed E-state index contributed by atoms with van der Waals surface area (Å²) >= 11 is 1.61. The Bertz CT molecular complexity index is 465. The van der Waals surface area contributed by atoms with E-state index in [2.05, 4.69) is 10.6 Å². The lowest BCUT2D eigenvalue weighted by Crippen LogP contribution is -2.34. The van der Waals surface area contributed by atoms with Crippen molar-refractivity contribution < 1.29 is 18.0 Å². The Balaban J connectivity index is 2.20. The van der Waals surface area contributed by atoms with E-state index in [0.29, 0.717) is 18.7 Å². The number of halogens is 3. The molecule has 0 atom stereocenters. The molecule has 1 rings (SSSR count). The molecule has 0 spiro atoms. The maximum atomic E-state index is 12.1. The van der Waals surface area contributed by atoms with Crippen LogP contribution >= 0.6 is 11.8 Å². The predicted octanol–water partition coefficient (Wildman–Crippen LogP) is 3.41. The molecule has 0 heterocycles. The fourth-order valence-corrected chi connectivity index (χ4v) is 2.19. The smallest absolute Gasteiger partial charge is 0.338 e. The Labute approximate surface area is 132 Å². The van der Waals surface area contributed by atoms with Crippen LogP contribution in [0.2, 0.25) is 0 Å². The van der Waals surface area contributed by atoms with E-state index in [9.17, 15) is 18.0 Å². The van der Waals surface area contributed by atoms with Gasteiger partial charge in [-0.1, -0.05) is 0 Å². The monoisotopic (exact) mass is 335 g/mol. The topological polar surface area (TPSA) is 44.4 Å². The average molecular weight is 335 g/mol. The van der Waals surface area contributed by atoms with Gasteiger partial charge in [0.15, 0.2) is 0 Å². The highest BCUT2D eigenvalue weighted by molar-refractivity contribution is 7.98. The molecule has 4 nitrogen and oxygen atoms in total. The molecule has 124 valence electrons. The van der Waals surface area contributed by atoms with Crippen LogP contribution in [0.15, 0.2) is 29.2 Å². The molecule has 0 aliphatic carbocycles. The molecule has 1 aromatic carbocycles. The largest absolute Gasteiger partial charge is 0.401 e. The van der Waals surface area contributed by atoms with E-state index in [4.69, 9.17) is 0 Å². The van der Waals surface area contributed by atoms with Gasteiger partial charge in [-0.15, -0.1) is 11.8 Å². The van der Waals surface area contributed by atoms with E-state index in [0.717, 1.165) is 4.90 Å². The molecule has 0 radical (unpaired) electrons. The third-order valence-electron chi connectivity index (χ3n) is 2.80. The molecule has 0 bridgehead atoms.